The first-order chi connectivity index (χ1) is 12.4. The van der Waals surface area contributed by atoms with Gasteiger partial charge in [-0.1, -0.05) is 18.1 Å². The Labute approximate surface area is 159 Å². The summed E-state index contributed by atoms with van der Waals surface area (Å²) in [5.74, 6) is 4.69. The highest BCUT2D eigenvalue weighted by atomic mass is 32.1. The van der Waals surface area contributed by atoms with E-state index in [0.29, 0.717) is 11.3 Å². The van der Waals surface area contributed by atoms with Crippen LogP contribution in [0.3, 0.4) is 0 Å². The molecule has 0 radical (unpaired) electrons. The first kappa shape index (κ1) is 20.7. The summed E-state index contributed by atoms with van der Waals surface area (Å²) in [5.41, 5.74) is 10.1. The molecule has 1 heterocycles. The molecule has 144 valence electrons. The van der Waals surface area contributed by atoms with E-state index in [0.717, 1.165) is 6.07 Å². The fourth-order valence-electron chi connectivity index (χ4n) is 2.61. The third-order valence-electron chi connectivity index (χ3n) is 3.80. The maximum absolute atomic E-state index is 14.4. The number of benzene rings is 1. The van der Waals surface area contributed by atoms with Crippen molar-refractivity contribution in [1.82, 2.24) is 0 Å². The number of alkyl halides is 3. The molecule has 1 aliphatic rings. The van der Waals surface area contributed by atoms with Gasteiger partial charge in [0, 0.05) is 23.2 Å². The Morgan fingerprint density at radius 1 is 1.44 bits per heavy atom. The van der Waals surface area contributed by atoms with Crippen LogP contribution in [0.1, 0.15) is 31.4 Å². The quantitative estimate of drug-likeness (QED) is 0.346. The molecule has 27 heavy (non-hydrogen) atoms. The van der Waals surface area contributed by atoms with Crippen LogP contribution in [0.5, 0.6) is 0 Å². The Balaban J connectivity index is 2.43. The van der Waals surface area contributed by atoms with E-state index in [1.807, 2.05) is 0 Å². The molecule has 0 amide bonds. The number of nitrogens with two attached hydrogens (primary N) is 2. The Bertz CT molecular complexity index is 879. The molecule has 0 saturated heterocycles. The number of halogens is 4. The number of hydrogen-bond acceptors (Lipinski definition) is 5. The maximum Gasteiger partial charge on any atom is 0.425 e. The van der Waals surface area contributed by atoms with Crippen LogP contribution in [0.2, 0.25) is 0 Å². The second-order valence-corrected chi connectivity index (χ2v) is 6.71. The lowest BCUT2D eigenvalue weighted by molar-refractivity contribution is -0.208. The van der Waals surface area contributed by atoms with Gasteiger partial charge < -0.3 is 16.2 Å². The van der Waals surface area contributed by atoms with Gasteiger partial charge in [0.25, 0.3) is 6.02 Å². The maximum atomic E-state index is 14.4. The highest BCUT2D eigenvalue weighted by molar-refractivity contribution is 7.81. The smallest absolute Gasteiger partial charge is 0.425 e. The summed E-state index contributed by atoms with van der Waals surface area (Å²) in [7, 11) is 0. The number of thiocarbonyl (C=S) groups is 1. The minimum atomic E-state index is -4.66. The van der Waals surface area contributed by atoms with Crippen molar-refractivity contribution in [1.29, 1.82) is 0 Å². The molecule has 4 N–H and O–H groups in total. The molecule has 2 atom stereocenters. The van der Waals surface area contributed by atoms with E-state index >= 15 is 0 Å². The SMILES string of the molecule is CC(N)=CC(=S)C#Cc1ccc(F)c([C@]2(C)C[C@@H](C(F)(F)F)OC(N)=N2)c1. The molecule has 1 aliphatic heterocycles. The third kappa shape index (κ3) is 5.20. The van der Waals surface area contributed by atoms with Crippen molar-refractivity contribution in [3.63, 3.8) is 0 Å². The summed E-state index contributed by atoms with van der Waals surface area (Å²) < 4.78 is 58.2. The molecule has 0 spiro atoms. The van der Waals surface area contributed by atoms with E-state index < -0.39 is 36.1 Å². The highest BCUT2D eigenvalue weighted by Crippen LogP contribution is 2.40. The zero-order valence-corrected chi connectivity index (χ0v) is 15.3. The standard InChI is InChI=1S/C18H17F4N3OS/c1-10(23)7-12(27)5-3-11-4-6-14(19)13(8-11)17(2)9-15(18(20,21)22)26-16(24)25-17/h4,6-8,15H,9,23H2,1-2H3,(H2,24,25)/t15-,17-/m0/s1. The molecule has 0 unspecified atom stereocenters. The number of hydrogen-bond donors (Lipinski definition) is 2. The normalized spacial score (nSPS) is 23.0. The Hall–Kier alpha value is -2.60. The molecule has 1 aromatic rings. The van der Waals surface area contributed by atoms with Gasteiger partial charge in [0.2, 0.25) is 0 Å². The van der Waals surface area contributed by atoms with Gasteiger partial charge in [0.05, 0.1) is 10.4 Å². The topological polar surface area (TPSA) is 73.6 Å². The molecular weight excluding hydrogens is 382 g/mol. The summed E-state index contributed by atoms with van der Waals surface area (Å²) in [6, 6.07) is 3.19. The zero-order chi connectivity index (χ0) is 20.4. The van der Waals surface area contributed by atoms with Crippen molar-refractivity contribution in [2.24, 2.45) is 16.5 Å². The summed E-state index contributed by atoms with van der Waals surface area (Å²) in [6.07, 6.45) is -5.96. The van der Waals surface area contributed by atoms with Crippen molar-refractivity contribution in [2.75, 3.05) is 0 Å². The number of aliphatic imine (C=N–C) groups is 1. The van der Waals surface area contributed by atoms with Crippen molar-refractivity contribution in [3.05, 3.63) is 46.9 Å². The molecule has 0 aromatic heterocycles. The number of ether oxygens (including phenoxy) is 1. The molecule has 1 aromatic carbocycles. The Morgan fingerprint density at radius 3 is 2.70 bits per heavy atom. The monoisotopic (exact) mass is 399 g/mol. The summed E-state index contributed by atoms with van der Waals surface area (Å²) in [6.45, 7) is 3.01. The van der Waals surface area contributed by atoms with Crippen LogP contribution in [-0.2, 0) is 10.3 Å². The molecule has 0 saturated carbocycles. The van der Waals surface area contributed by atoms with Gasteiger partial charge in [0.15, 0.2) is 6.10 Å². The van der Waals surface area contributed by atoms with Gasteiger partial charge >= 0.3 is 6.18 Å². The van der Waals surface area contributed by atoms with Gasteiger partial charge in [-0.2, -0.15) is 13.2 Å². The Morgan fingerprint density at radius 2 is 2.11 bits per heavy atom. The van der Waals surface area contributed by atoms with Gasteiger partial charge in [0.1, 0.15) is 5.82 Å². The summed E-state index contributed by atoms with van der Waals surface area (Å²) >= 11 is 5.02. The van der Waals surface area contributed by atoms with Crippen LogP contribution in [0, 0.1) is 17.7 Å². The summed E-state index contributed by atoms with van der Waals surface area (Å²) in [4.78, 5) is 4.19. The number of amidine groups is 1. The van der Waals surface area contributed by atoms with Crippen molar-refractivity contribution < 1.29 is 22.3 Å². The second kappa shape index (κ2) is 7.56. The molecule has 0 bridgehead atoms. The lowest BCUT2D eigenvalue weighted by Gasteiger charge is -2.35. The van der Waals surface area contributed by atoms with E-state index in [-0.39, 0.29) is 10.4 Å². The van der Waals surface area contributed by atoms with Crippen LogP contribution in [-0.4, -0.2) is 23.2 Å². The highest BCUT2D eigenvalue weighted by Gasteiger charge is 2.50. The summed E-state index contributed by atoms with van der Waals surface area (Å²) in [5, 5.41) is 0. The van der Waals surface area contributed by atoms with Crippen LogP contribution in [0.4, 0.5) is 17.6 Å². The van der Waals surface area contributed by atoms with E-state index in [2.05, 4.69) is 21.6 Å². The van der Waals surface area contributed by atoms with Crippen LogP contribution >= 0.6 is 12.2 Å². The van der Waals surface area contributed by atoms with E-state index in [1.165, 1.54) is 25.1 Å². The third-order valence-corrected chi connectivity index (χ3v) is 4.02. The largest absolute Gasteiger partial charge is 0.452 e. The van der Waals surface area contributed by atoms with Gasteiger partial charge in [-0.15, -0.1) is 0 Å². The zero-order valence-electron chi connectivity index (χ0n) is 14.5. The number of rotatable bonds is 2. The lowest BCUT2D eigenvalue weighted by Crippen LogP contribution is -2.46. The first-order valence-electron chi connectivity index (χ1n) is 7.79. The lowest BCUT2D eigenvalue weighted by atomic mass is 9.85. The van der Waals surface area contributed by atoms with Gasteiger partial charge in [-0.3, -0.25) is 0 Å². The van der Waals surface area contributed by atoms with Gasteiger partial charge in [-0.05, 0) is 44.0 Å². The predicted molar refractivity (Wildman–Crippen MR) is 98.3 cm³/mol. The van der Waals surface area contributed by atoms with Gasteiger partial charge in [-0.25, -0.2) is 9.38 Å². The van der Waals surface area contributed by atoms with Crippen molar-refractivity contribution >= 4 is 23.1 Å². The fraction of sp³-hybridized carbons (Fsp3) is 0.333. The van der Waals surface area contributed by atoms with Crippen LogP contribution in [0.25, 0.3) is 0 Å². The van der Waals surface area contributed by atoms with Crippen molar-refractivity contribution in [3.8, 4) is 11.8 Å². The second-order valence-electron chi connectivity index (χ2n) is 6.27. The predicted octanol–water partition coefficient (Wildman–Crippen LogP) is 3.29. The average molecular weight is 399 g/mol. The Kier molecular flexibility index (Phi) is 5.80. The first-order valence-corrected chi connectivity index (χ1v) is 8.20. The molecule has 4 nitrogen and oxygen atoms in total. The fourth-order valence-corrected chi connectivity index (χ4v) is 2.85. The average Bonchev–Trinajstić information content (AvgIpc) is 2.51. The van der Waals surface area contributed by atoms with E-state index in [4.69, 9.17) is 23.7 Å². The van der Waals surface area contributed by atoms with Crippen molar-refractivity contribution in [2.45, 2.75) is 38.1 Å². The van der Waals surface area contributed by atoms with E-state index in [1.54, 1.807) is 6.92 Å². The minimum absolute atomic E-state index is 0.0636. The molecule has 0 fully saturated rings. The molecule has 2 rings (SSSR count). The minimum Gasteiger partial charge on any atom is -0.452 e. The molecular formula is C18H17F4N3OS. The molecule has 9 heteroatoms. The molecule has 0 aliphatic carbocycles. The number of nitrogens with zero attached hydrogens (tertiary/aromatic N) is 1. The number of allylic oxidation sites excluding steroid dienone is 2. The van der Waals surface area contributed by atoms with Crippen LogP contribution in [0.15, 0.2) is 35.0 Å². The van der Waals surface area contributed by atoms with Crippen LogP contribution < -0.4 is 11.5 Å². The van der Waals surface area contributed by atoms with E-state index in [9.17, 15) is 17.6 Å².